The van der Waals surface area contributed by atoms with Gasteiger partial charge in [0.1, 0.15) is 5.82 Å². The molecule has 138 valence electrons. The lowest BCUT2D eigenvalue weighted by Gasteiger charge is -2.17. The van der Waals surface area contributed by atoms with Gasteiger partial charge in [-0.1, -0.05) is 23.8 Å². The minimum absolute atomic E-state index is 0.0870. The van der Waals surface area contributed by atoms with E-state index in [-0.39, 0.29) is 35.2 Å². The van der Waals surface area contributed by atoms with E-state index >= 15 is 0 Å². The number of hydrogen-bond acceptors (Lipinski definition) is 3. The number of carbonyl (C=O) groups excluding carboxylic acids is 2. The minimum atomic E-state index is -0.355. The molecule has 0 aromatic heterocycles. The van der Waals surface area contributed by atoms with Gasteiger partial charge in [0.2, 0.25) is 11.8 Å². The minimum Gasteiger partial charge on any atom is -0.349 e. The van der Waals surface area contributed by atoms with Crippen LogP contribution in [0.15, 0.2) is 42.5 Å². The van der Waals surface area contributed by atoms with Crippen LogP contribution in [0.25, 0.3) is 0 Å². The maximum Gasteiger partial charge on any atom is 0.234 e. The third-order valence-electron chi connectivity index (χ3n) is 3.87. The Bertz CT molecular complexity index is 778. The van der Waals surface area contributed by atoms with Gasteiger partial charge in [0.15, 0.2) is 0 Å². The SMILES string of the molecule is Cc1ccc(C)c(C(C)NC(=O)CSCC(=O)Nc2ccc(F)cc2)c1. The van der Waals surface area contributed by atoms with Crippen molar-refractivity contribution < 1.29 is 14.0 Å². The van der Waals surface area contributed by atoms with Crippen molar-refractivity contribution in [3.63, 3.8) is 0 Å². The number of anilines is 1. The first-order valence-corrected chi connectivity index (χ1v) is 9.50. The van der Waals surface area contributed by atoms with Gasteiger partial charge in [-0.3, -0.25) is 9.59 Å². The van der Waals surface area contributed by atoms with Gasteiger partial charge in [0.05, 0.1) is 17.5 Å². The first kappa shape index (κ1) is 20.0. The zero-order valence-corrected chi connectivity index (χ0v) is 16.0. The summed E-state index contributed by atoms with van der Waals surface area (Å²) in [6.45, 7) is 5.99. The summed E-state index contributed by atoms with van der Waals surface area (Å²) in [7, 11) is 0. The predicted octanol–water partition coefficient (Wildman–Crippen LogP) is 3.99. The van der Waals surface area contributed by atoms with E-state index in [4.69, 9.17) is 0 Å². The first-order valence-electron chi connectivity index (χ1n) is 8.35. The molecule has 0 fully saturated rings. The van der Waals surface area contributed by atoms with Crippen LogP contribution in [0, 0.1) is 19.7 Å². The molecule has 0 heterocycles. The molecule has 2 amide bonds. The molecule has 1 unspecified atom stereocenters. The molecule has 0 saturated carbocycles. The van der Waals surface area contributed by atoms with Crippen LogP contribution in [-0.4, -0.2) is 23.3 Å². The molecule has 0 spiro atoms. The van der Waals surface area contributed by atoms with Crippen LogP contribution in [0.1, 0.15) is 29.7 Å². The standard InChI is InChI=1S/C20H23FN2O2S/c1-13-4-5-14(2)18(10-13)15(3)22-19(24)11-26-12-20(25)23-17-8-6-16(21)7-9-17/h4-10,15H,11-12H2,1-3H3,(H,22,24)(H,23,25). The highest BCUT2D eigenvalue weighted by Gasteiger charge is 2.13. The van der Waals surface area contributed by atoms with Crippen LogP contribution in [0.2, 0.25) is 0 Å². The Hall–Kier alpha value is -2.34. The summed E-state index contributed by atoms with van der Waals surface area (Å²) in [5.41, 5.74) is 3.91. The zero-order chi connectivity index (χ0) is 19.1. The predicted molar refractivity (Wildman–Crippen MR) is 105 cm³/mol. The van der Waals surface area contributed by atoms with Crippen molar-refractivity contribution in [3.05, 3.63) is 65.0 Å². The van der Waals surface area contributed by atoms with Gasteiger partial charge in [-0.25, -0.2) is 4.39 Å². The number of benzene rings is 2. The van der Waals surface area contributed by atoms with Gasteiger partial charge >= 0.3 is 0 Å². The van der Waals surface area contributed by atoms with E-state index in [9.17, 15) is 14.0 Å². The summed E-state index contributed by atoms with van der Waals surface area (Å²) >= 11 is 1.24. The van der Waals surface area contributed by atoms with E-state index in [2.05, 4.69) is 16.7 Å². The van der Waals surface area contributed by atoms with Gasteiger partial charge in [0, 0.05) is 5.69 Å². The van der Waals surface area contributed by atoms with Gasteiger partial charge < -0.3 is 10.6 Å². The van der Waals surface area contributed by atoms with Crippen molar-refractivity contribution in [3.8, 4) is 0 Å². The number of rotatable bonds is 7. The molecule has 4 nitrogen and oxygen atoms in total. The number of amides is 2. The van der Waals surface area contributed by atoms with Crippen molar-refractivity contribution >= 4 is 29.3 Å². The summed E-state index contributed by atoms with van der Waals surface area (Å²) in [5, 5.41) is 5.63. The van der Waals surface area contributed by atoms with Crippen molar-refractivity contribution in [1.29, 1.82) is 0 Å². The molecule has 2 rings (SSSR count). The Morgan fingerprint density at radius 2 is 1.69 bits per heavy atom. The fourth-order valence-electron chi connectivity index (χ4n) is 2.55. The van der Waals surface area contributed by atoms with Crippen molar-refractivity contribution in [2.75, 3.05) is 16.8 Å². The molecular formula is C20H23FN2O2S. The van der Waals surface area contributed by atoms with Gasteiger partial charge in [-0.05, 0) is 56.2 Å². The molecule has 1 atom stereocenters. The Morgan fingerprint density at radius 3 is 2.38 bits per heavy atom. The molecule has 0 aliphatic carbocycles. The first-order chi connectivity index (χ1) is 12.3. The van der Waals surface area contributed by atoms with E-state index in [0.29, 0.717) is 5.69 Å². The maximum absolute atomic E-state index is 12.8. The number of thioether (sulfide) groups is 1. The van der Waals surface area contributed by atoms with Crippen LogP contribution < -0.4 is 10.6 Å². The molecule has 0 saturated heterocycles. The molecule has 2 aromatic rings. The second-order valence-electron chi connectivity index (χ2n) is 6.20. The fraction of sp³-hybridized carbons (Fsp3) is 0.300. The molecule has 0 aliphatic rings. The lowest BCUT2D eigenvalue weighted by atomic mass is 10.00. The van der Waals surface area contributed by atoms with Crippen LogP contribution in [-0.2, 0) is 9.59 Å². The highest BCUT2D eigenvalue weighted by molar-refractivity contribution is 8.00. The Labute approximate surface area is 157 Å². The lowest BCUT2D eigenvalue weighted by molar-refractivity contribution is -0.119. The quantitative estimate of drug-likeness (QED) is 0.770. The molecule has 2 N–H and O–H groups in total. The second kappa shape index (κ2) is 9.38. The topological polar surface area (TPSA) is 58.2 Å². The largest absolute Gasteiger partial charge is 0.349 e. The molecule has 0 bridgehead atoms. The third kappa shape index (κ3) is 6.19. The number of carbonyl (C=O) groups is 2. The Morgan fingerprint density at radius 1 is 1.04 bits per heavy atom. The molecule has 0 radical (unpaired) electrons. The smallest absolute Gasteiger partial charge is 0.234 e. The van der Waals surface area contributed by atoms with Crippen molar-refractivity contribution in [2.24, 2.45) is 0 Å². The fourth-order valence-corrected chi connectivity index (χ4v) is 3.18. The van der Waals surface area contributed by atoms with Gasteiger partial charge in [-0.2, -0.15) is 0 Å². The number of halogens is 1. The molecular weight excluding hydrogens is 351 g/mol. The normalized spacial score (nSPS) is 11.7. The van der Waals surface area contributed by atoms with Gasteiger partial charge in [0.25, 0.3) is 0 Å². The number of aryl methyl sites for hydroxylation is 2. The highest BCUT2D eigenvalue weighted by atomic mass is 32.2. The zero-order valence-electron chi connectivity index (χ0n) is 15.1. The van der Waals surface area contributed by atoms with Crippen LogP contribution >= 0.6 is 11.8 Å². The van der Waals surface area contributed by atoms with E-state index in [0.717, 1.165) is 16.7 Å². The second-order valence-corrected chi connectivity index (χ2v) is 7.18. The molecule has 2 aromatic carbocycles. The highest BCUT2D eigenvalue weighted by Crippen LogP contribution is 2.19. The summed E-state index contributed by atoms with van der Waals surface area (Å²) in [4.78, 5) is 23.9. The van der Waals surface area contributed by atoms with E-state index < -0.39 is 0 Å². The van der Waals surface area contributed by atoms with E-state index in [1.807, 2.05) is 32.9 Å². The number of hydrogen-bond donors (Lipinski definition) is 2. The van der Waals surface area contributed by atoms with Crippen molar-refractivity contribution in [1.82, 2.24) is 5.32 Å². The van der Waals surface area contributed by atoms with Crippen LogP contribution in [0.4, 0.5) is 10.1 Å². The summed E-state index contributed by atoms with van der Waals surface area (Å²) in [6, 6.07) is 11.6. The van der Waals surface area contributed by atoms with Gasteiger partial charge in [-0.15, -0.1) is 11.8 Å². The summed E-state index contributed by atoms with van der Waals surface area (Å²) in [5.74, 6) is -0.337. The number of nitrogens with one attached hydrogen (secondary N) is 2. The lowest BCUT2D eigenvalue weighted by Crippen LogP contribution is -2.29. The van der Waals surface area contributed by atoms with E-state index in [1.54, 1.807) is 0 Å². The Kier molecular flexibility index (Phi) is 7.21. The monoisotopic (exact) mass is 374 g/mol. The Balaban J connectivity index is 1.75. The average Bonchev–Trinajstić information content (AvgIpc) is 2.59. The molecule has 26 heavy (non-hydrogen) atoms. The van der Waals surface area contributed by atoms with Crippen molar-refractivity contribution in [2.45, 2.75) is 26.8 Å². The summed E-state index contributed by atoms with van der Waals surface area (Å²) in [6.07, 6.45) is 0. The molecule has 0 aliphatic heterocycles. The maximum atomic E-state index is 12.8. The average molecular weight is 374 g/mol. The summed E-state index contributed by atoms with van der Waals surface area (Å²) < 4.78 is 12.8. The van der Waals surface area contributed by atoms with Crippen LogP contribution in [0.3, 0.4) is 0 Å². The van der Waals surface area contributed by atoms with Crippen LogP contribution in [0.5, 0.6) is 0 Å². The van der Waals surface area contributed by atoms with E-state index in [1.165, 1.54) is 36.0 Å². The third-order valence-corrected chi connectivity index (χ3v) is 4.81. The molecule has 6 heteroatoms.